The third-order valence-corrected chi connectivity index (χ3v) is 7.17. The number of thiophene rings is 1. The second-order valence-electron chi connectivity index (χ2n) is 7.72. The highest BCUT2D eigenvalue weighted by molar-refractivity contribution is 7.99. The lowest BCUT2D eigenvalue weighted by Crippen LogP contribution is -2.16. The third-order valence-electron chi connectivity index (χ3n) is 5.00. The van der Waals surface area contributed by atoms with Gasteiger partial charge in [0, 0.05) is 11.4 Å². The number of hydrogen-bond donors (Lipinski definition) is 1. The lowest BCUT2D eigenvalue weighted by Gasteiger charge is -2.11. The Kier molecular flexibility index (Phi) is 9.50. The molecule has 0 saturated carbocycles. The molecule has 0 unspecified atom stereocenters. The molecule has 0 fully saturated rings. The van der Waals surface area contributed by atoms with Crippen molar-refractivity contribution in [1.82, 2.24) is 14.8 Å². The van der Waals surface area contributed by atoms with Gasteiger partial charge in [-0.25, -0.2) is 4.79 Å². The quantitative estimate of drug-likeness (QED) is 0.202. The van der Waals surface area contributed by atoms with Crippen molar-refractivity contribution in [3.8, 4) is 5.75 Å². The summed E-state index contributed by atoms with van der Waals surface area (Å²) in [5, 5.41) is 12.4. The number of aryl methyl sites for hydroxylation is 3. The average Bonchev–Trinajstić information content (AvgIpc) is 3.41. The van der Waals surface area contributed by atoms with E-state index in [-0.39, 0.29) is 24.9 Å². The Balaban J connectivity index is 1.66. The molecule has 3 aromatic rings. The van der Waals surface area contributed by atoms with E-state index in [0.717, 1.165) is 22.6 Å². The topological polar surface area (TPSA) is 95.3 Å². The molecule has 1 N–H and O–H groups in total. The number of ether oxygens (including phenoxy) is 2. The van der Waals surface area contributed by atoms with Crippen LogP contribution in [0.2, 0.25) is 0 Å². The maximum absolute atomic E-state index is 12.7. The Hall–Kier alpha value is -3.11. The number of rotatable bonds is 12. The second kappa shape index (κ2) is 12.6. The standard InChI is InChI=1S/C25H30N4O4S2/c1-6-11-29-21(14-33-20-10-9-16(4)12-17(20)5)27-28-25(29)34-15-22(30)26-23-19(24(31)32-8-3)13-18(7-2)35-23/h6,9-10,12-13H,1,7-8,11,14-15H2,2-5H3,(H,26,30). The molecule has 186 valence electrons. The van der Waals surface area contributed by atoms with Crippen LogP contribution in [0.3, 0.4) is 0 Å². The number of anilines is 1. The maximum Gasteiger partial charge on any atom is 0.341 e. The van der Waals surface area contributed by atoms with Gasteiger partial charge in [-0.3, -0.25) is 9.36 Å². The highest BCUT2D eigenvalue weighted by Crippen LogP contribution is 2.30. The van der Waals surface area contributed by atoms with E-state index < -0.39 is 5.97 Å². The number of thioether (sulfide) groups is 1. The zero-order valence-corrected chi connectivity index (χ0v) is 22.1. The average molecular weight is 515 g/mol. The second-order valence-corrected chi connectivity index (χ2v) is 9.80. The number of allylic oxidation sites excluding steroid dienone is 1. The molecule has 35 heavy (non-hydrogen) atoms. The molecule has 2 heterocycles. The summed E-state index contributed by atoms with van der Waals surface area (Å²) < 4.78 is 13.0. The third kappa shape index (κ3) is 6.95. The first-order valence-electron chi connectivity index (χ1n) is 11.3. The predicted molar refractivity (Wildman–Crippen MR) is 139 cm³/mol. The van der Waals surface area contributed by atoms with Crippen molar-refractivity contribution in [2.75, 3.05) is 17.7 Å². The minimum Gasteiger partial charge on any atom is -0.485 e. The molecule has 1 aromatic carbocycles. The monoisotopic (exact) mass is 514 g/mol. The molecule has 2 aromatic heterocycles. The molecule has 8 nitrogen and oxygen atoms in total. The summed E-state index contributed by atoms with van der Waals surface area (Å²) in [4.78, 5) is 25.9. The van der Waals surface area contributed by atoms with Crippen molar-refractivity contribution < 1.29 is 19.1 Å². The fourth-order valence-corrected chi connectivity index (χ4v) is 5.08. The Morgan fingerprint density at radius 2 is 2.03 bits per heavy atom. The number of aromatic nitrogens is 3. The normalized spacial score (nSPS) is 10.7. The van der Waals surface area contributed by atoms with Gasteiger partial charge in [-0.15, -0.1) is 28.1 Å². The number of nitrogens with zero attached hydrogens (tertiary/aromatic N) is 3. The van der Waals surface area contributed by atoms with Gasteiger partial charge in [0.1, 0.15) is 17.4 Å². The zero-order chi connectivity index (χ0) is 25.4. The van der Waals surface area contributed by atoms with E-state index in [1.54, 1.807) is 19.1 Å². The Bertz CT molecular complexity index is 1200. The lowest BCUT2D eigenvalue weighted by atomic mass is 10.1. The molecule has 3 rings (SSSR count). The number of hydrogen-bond acceptors (Lipinski definition) is 8. The van der Waals surface area contributed by atoms with Crippen LogP contribution in [0.4, 0.5) is 5.00 Å². The van der Waals surface area contributed by atoms with Gasteiger partial charge in [0.2, 0.25) is 5.91 Å². The molecule has 0 bridgehead atoms. The van der Waals surface area contributed by atoms with Gasteiger partial charge in [-0.05, 0) is 44.9 Å². The Morgan fingerprint density at radius 1 is 1.23 bits per heavy atom. The predicted octanol–water partition coefficient (Wildman–Crippen LogP) is 5.19. The van der Waals surface area contributed by atoms with E-state index in [2.05, 4.69) is 28.2 Å². The lowest BCUT2D eigenvalue weighted by molar-refractivity contribution is -0.113. The minimum atomic E-state index is -0.439. The zero-order valence-electron chi connectivity index (χ0n) is 20.4. The Labute approximate surface area is 213 Å². The number of nitrogens with one attached hydrogen (secondary N) is 1. The highest BCUT2D eigenvalue weighted by atomic mass is 32.2. The number of amides is 1. The molecule has 10 heteroatoms. The molecule has 0 saturated heterocycles. The summed E-state index contributed by atoms with van der Waals surface area (Å²) in [7, 11) is 0. The van der Waals surface area contributed by atoms with E-state index in [1.807, 2.05) is 37.5 Å². The van der Waals surface area contributed by atoms with E-state index in [9.17, 15) is 9.59 Å². The summed E-state index contributed by atoms with van der Waals surface area (Å²) in [5.41, 5.74) is 2.60. The fraction of sp³-hybridized carbons (Fsp3) is 0.360. The molecule has 0 aliphatic rings. The van der Waals surface area contributed by atoms with Crippen molar-refractivity contribution >= 4 is 40.0 Å². The number of benzene rings is 1. The smallest absolute Gasteiger partial charge is 0.341 e. The molecule has 0 aliphatic heterocycles. The van der Waals surface area contributed by atoms with Crippen LogP contribution in [-0.4, -0.2) is 39.0 Å². The van der Waals surface area contributed by atoms with Gasteiger partial charge in [-0.1, -0.05) is 42.5 Å². The molecule has 1 amide bonds. The summed E-state index contributed by atoms with van der Waals surface area (Å²) in [6.45, 7) is 12.6. The largest absolute Gasteiger partial charge is 0.485 e. The summed E-state index contributed by atoms with van der Waals surface area (Å²) in [5.74, 6) is 0.853. The maximum atomic E-state index is 12.7. The van der Waals surface area contributed by atoms with E-state index in [0.29, 0.717) is 28.1 Å². The summed E-state index contributed by atoms with van der Waals surface area (Å²) in [6.07, 6.45) is 2.51. The highest BCUT2D eigenvalue weighted by Gasteiger charge is 2.20. The number of esters is 1. The molecular formula is C25H30N4O4S2. The van der Waals surface area contributed by atoms with Crippen molar-refractivity contribution in [1.29, 1.82) is 0 Å². The van der Waals surface area contributed by atoms with Crippen LogP contribution < -0.4 is 10.1 Å². The number of carbonyl (C=O) groups excluding carboxylic acids is 2. The SMILES string of the molecule is C=CCn1c(COc2ccc(C)cc2C)nnc1SCC(=O)Nc1sc(CC)cc1C(=O)OCC. The van der Waals surface area contributed by atoms with Crippen LogP contribution in [0.15, 0.2) is 42.1 Å². The van der Waals surface area contributed by atoms with Crippen molar-refractivity contribution in [3.63, 3.8) is 0 Å². The fourth-order valence-electron chi connectivity index (χ4n) is 3.31. The van der Waals surface area contributed by atoms with Crippen LogP contribution in [0.5, 0.6) is 5.75 Å². The first-order chi connectivity index (χ1) is 16.9. The number of carbonyl (C=O) groups is 2. The molecule has 0 aliphatic carbocycles. The van der Waals surface area contributed by atoms with Gasteiger partial charge < -0.3 is 14.8 Å². The van der Waals surface area contributed by atoms with Crippen molar-refractivity contribution in [3.05, 3.63) is 64.3 Å². The molecular weight excluding hydrogens is 484 g/mol. The van der Waals surface area contributed by atoms with Crippen LogP contribution in [0.25, 0.3) is 0 Å². The van der Waals surface area contributed by atoms with Gasteiger partial charge >= 0.3 is 5.97 Å². The van der Waals surface area contributed by atoms with Crippen LogP contribution in [-0.2, 0) is 29.1 Å². The van der Waals surface area contributed by atoms with E-state index >= 15 is 0 Å². The summed E-state index contributed by atoms with van der Waals surface area (Å²) >= 11 is 2.64. The van der Waals surface area contributed by atoms with Crippen molar-refractivity contribution in [2.24, 2.45) is 0 Å². The van der Waals surface area contributed by atoms with Gasteiger partial charge in [0.15, 0.2) is 11.0 Å². The first kappa shape index (κ1) is 26.5. The van der Waals surface area contributed by atoms with E-state index in [1.165, 1.54) is 28.7 Å². The molecule has 0 atom stereocenters. The minimum absolute atomic E-state index is 0.106. The summed E-state index contributed by atoms with van der Waals surface area (Å²) in [6, 6.07) is 7.78. The van der Waals surface area contributed by atoms with Gasteiger partial charge in [-0.2, -0.15) is 0 Å². The Morgan fingerprint density at radius 3 is 2.71 bits per heavy atom. The first-order valence-corrected chi connectivity index (χ1v) is 13.1. The van der Waals surface area contributed by atoms with Crippen LogP contribution in [0, 0.1) is 13.8 Å². The van der Waals surface area contributed by atoms with Crippen LogP contribution in [0.1, 0.15) is 46.0 Å². The molecule has 0 radical (unpaired) electrons. The van der Waals surface area contributed by atoms with Gasteiger partial charge in [0.25, 0.3) is 0 Å². The van der Waals surface area contributed by atoms with Crippen LogP contribution >= 0.6 is 23.1 Å². The van der Waals surface area contributed by atoms with Crippen molar-refractivity contribution in [2.45, 2.75) is 52.4 Å². The van der Waals surface area contributed by atoms with Gasteiger partial charge in [0.05, 0.1) is 17.9 Å². The van der Waals surface area contributed by atoms with E-state index in [4.69, 9.17) is 9.47 Å². The molecule has 0 spiro atoms.